The van der Waals surface area contributed by atoms with E-state index in [1.165, 1.54) is 0 Å². The van der Waals surface area contributed by atoms with Gasteiger partial charge in [0.25, 0.3) is 0 Å². The fraction of sp³-hybridized carbons (Fsp3) is 0.833. The molecule has 3 aliphatic rings. The molecule has 3 fully saturated rings. The van der Waals surface area contributed by atoms with Crippen LogP contribution < -0.4 is 0 Å². The second-order valence-corrected chi connectivity index (χ2v) is 10.1. The number of sulfonamides is 1. The topological polar surface area (TPSA) is 96.6 Å². The number of aromatic nitrogens is 2. The molecule has 0 N–H and O–H groups in total. The number of carbonyl (C=O) groups is 1. The van der Waals surface area contributed by atoms with Crippen molar-refractivity contribution < 1.29 is 17.6 Å². The molecular formula is C18H28N4O4S. The molecule has 0 bridgehead atoms. The van der Waals surface area contributed by atoms with E-state index in [1.54, 1.807) is 11.2 Å². The predicted octanol–water partition coefficient (Wildman–Crippen LogP) is 2.06. The standard InChI is InChI=1S/C18H28N4O4S/c1-2-27(24,25)21-11-8-13(9-12-21)16-19-20-17(26-16)15-5-3-4-10-22(15)18(23)14-6-7-14/h13-15H,2-12H2,1H3/t15-/m0/s1. The molecule has 3 heterocycles. The zero-order valence-corrected chi connectivity index (χ0v) is 16.7. The van der Waals surface area contributed by atoms with Crippen LogP contribution in [-0.2, 0) is 14.8 Å². The highest BCUT2D eigenvalue weighted by Crippen LogP contribution is 2.38. The van der Waals surface area contributed by atoms with Crippen molar-refractivity contribution in [2.45, 2.75) is 63.8 Å². The van der Waals surface area contributed by atoms with Crippen LogP contribution >= 0.6 is 0 Å². The minimum absolute atomic E-state index is 0.0886. The smallest absolute Gasteiger partial charge is 0.238 e. The lowest BCUT2D eigenvalue weighted by atomic mass is 9.98. The van der Waals surface area contributed by atoms with Gasteiger partial charge in [-0.1, -0.05) is 0 Å². The number of piperidine rings is 2. The van der Waals surface area contributed by atoms with Gasteiger partial charge in [0.2, 0.25) is 27.7 Å². The summed E-state index contributed by atoms with van der Waals surface area (Å²) in [6, 6.07) is -0.103. The van der Waals surface area contributed by atoms with Crippen molar-refractivity contribution in [3.63, 3.8) is 0 Å². The van der Waals surface area contributed by atoms with E-state index in [4.69, 9.17) is 4.42 Å². The molecule has 4 rings (SSSR count). The van der Waals surface area contributed by atoms with Crippen LogP contribution in [0.3, 0.4) is 0 Å². The first-order chi connectivity index (χ1) is 13.0. The Balaban J connectivity index is 1.43. The number of hydrogen-bond acceptors (Lipinski definition) is 6. The molecule has 2 aliphatic heterocycles. The van der Waals surface area contributed by atoms with Gasteiger partial charge in [-0.05, 0) is 51.9 Å². The zero-order chi connectivity index (χ0) is 19.0. The Morgan fingerprint density at radius 2 is 1.74 bits per heavy atom. The largest absolute Gasteiger partial charge is 0.423 e. The van der Waals surface area contributed by atoms with E-state index < -0.39 is 10.0 Å². The van der Waals surface area contributed by atoms with Crippen LogP contribution in [0.15, 0.2) is 4.42 Å². The molecule has 9 heteroatoms. The van der Waals surface area contributed by atoms with E-state index in [0.29, 0.717) is 37.7 Å². The van der Waals surface area contributed by atoms with Crippen molar-refractivity contribution in [2.24, 2.45) is 5.92 Å². The second kappa shape index (κ2) is 7.50. The average Bonchev–Trinajstić information content (AvgIpc) is 3.44. The molecule has 0 aromatic carbocycles. The summed E-state index contributed by atoms with van der Waals surface area (Å²) in [7, 11) is -3.14. The van der Waals surface area contributed by atoms with E-state index in [2.05, 4.69) is 10.2 Å². The van der Waals surface area contributed by atoms with Gasteiger partial charge >= 0.3 is 0 Å². The molecule has 0 radical (unpaired) electrons. The van der Waals surface area contributed by atoms with E-state index in [-0.39, 0.29) is 29.5 Å². The van der Waals surface area contributed by atoms with Crippen molar-refractivity contribution in [1.29, 1.82) is 0 Å². The fourth-order valence-electron chi connectivity index (χ4n) is 4.13. The maximum absolute atomic E-state index is 12.6. The first-order valence-electron chi connectivity index (χ1n) is 10.1. The van der Waals surface area contributed by atoms with E-state index in [1.807, 2.05) is 4.90 Å². The van der Waals surface area contributed by atoms with Gasteiger partial charge in [0.1, 0.15) is 6.04 Å². The molecule has 150 valence electrons. The maximum atomic E-state index is 12.6. The molecule has 1 aliphatic carbocycles. The summed E-state index contributed by atoms with van der Waals surface area (Å²) in [5.74, 6) is 1.78. The van der Waals surface area contributed by atoms with Crippen LogP contribution in [-0.4, -0.2) is 59.1 Å². The zero-order valence-electron chi connectivity index (χ0n) is 15.8. The molecule has 1 aromatic rings. The Kier molecular flexibility index (Phi) is 5.24. The number of nitrogens with zero attached hydrogens (tertiary/aromatic N) is 4. The van der Waals surface area contributed by atoms with Crippen LogP contribution in [0.25, 0.3) is 0 Å². The predicted molar refractivity (Wildman–Crippen MR) is 98.3 cm³/mol. The van der Waals surface area contributed by atoms with Crippen molar-refractivity contribution in [1.82, 2.24) is 19.4 Å². The van der Waals surface area contributed by atoms with Crippen molar-refractivity contribution in [2.75, 3.05) is 25.4 Å². The molecule has 8 nitrogen and oxygen atoms in total. The normalized spacial score (nSPS) is 25.7. The summed E-state index contributed by atoms with van der Waals surface area (Å²) in [5, 5.41) is 8.52. The summed E-state index contributed by atoms with van der Waals surface area (Å²) >= 11 is 0. The van der Waals surface area contributed by atoms with Gasteiger partial charge in [0, 0.05) is 31.5 Å². The van der Waals surface area contributed by atoms with E-state index in [9.17, 15) is 13.2 Å². The molecular weight excluding hydrogens is 368 g/mol. The molecule has 1 saturated carbocycles. The third kappa shape index (κ3) is 3.89. The van der Waals surface area contributed by atoms with Gasteiger partial charge in [-0.3, -0.25) is 4.79 Å². The highest BCUT2D eigenvalue weighted by Gasteiger charge is 2.40. The molecule has 0 spiro atoms. The number of hydrogen-bond donors (Lipinski definition) is 0. The van der Waals surface area contributed by atoms with Crippen LogP contribution in [0.1, 0.15) is 75.6 Å². The minimum atomic E-state index is -3.14. The number of amides is 1. The van der Waals surface area contributed by atoms with Crippen LogP contribution in [0, 0.1) is 5.92 Å². The van der Waals surface area contributed by atoms with Crippen molar-refractivity contribution in [3.8, 4) is 0 Å². The summed E-state index contributed by atoms with van der Waals surface area (Å²) in [5.41, 5.74) is 0. The second-order valence-electron chi connectivity index (χ2n) is 7.87. The first-order valence-corrected chi connectivity index (χ1v) is 11.7. The highest BCUT2D eigenvalue weighted by molar-refractivity contribution is 7.89. The van der Waals surface area contributed by atoms with Crippen LogP contribution in [0.2, 0.25) is 0 Å². The summed E-state index contributed by atoms with van der Waals surface area (Å²) < 4.78 is 31.6. The minimum Gasteiger partial charge on any atom is -0.423 e. The Bertz CT molecular complexity index is 781. The quantitative estimate of drug-likeness (QED) is 0.756. The molecule has 0 unspecified atom stereocenters. The van der Waals surface area contributed by atoms with Crippen molar-refractivity contribution in [3.05, 3.63) is 11.8 Å². The van der Waals surface area contributed by atoms with Crippen LogP contribution in [0.5, 0.6) is 0 Å². The molecule has 1 aromatic heterocycles. The monoisotopic (exact) mass is 396 g/mol. The Morgan fingerprint density at radius 3 is 2.41 bits per heavy atom. The molecule has 1 amide bonds. The Morgan fingerprint density at radius 1 is 1.04 bits per heavy atom. The molecule has 1 atom stereocenters. The Labute approximate surface area is 160 Å². The van der Waals surface area contributed by atoms with Gasteiger partial charge in [-0.25, -0.2) is 12.7 Å². The van der Waals surface area contributed by atoms with Gasteiger partial charge in [0.15, 0.2) is 0 Å². The summed E-state index contributed by atoms with van der Waals surface area (Å²) in [4.78, 5) is 14.5. The first kappa shape index (κ1) is 18.9. The number of carbonyl (C=O) groups excluding carboxylic acids is 1. The number of likely N-dealkylation sites (tertiary alicyclic amines) is 1. The summed E-state index contributed by atoms with van der Waals surface area (Å²) in [6.45, 7) is 3.43. The lowest BCUT2D eigenvalue weighted by molar-refractivity contribution is -0.137. The average molecular weight is 397 g/mol. The van der Waals surface area contributed by atoms with Crippen molar-refractivity contribution >= 4 is 15.9 Å². The lowest BCUT2D eigenvalue weighted by Crippen LogP contribution is -2.39. The van der Waals surface area contributed by atoms with Crippen LogP contribution in [0.4, 0.5) is 0 Å². The lowest BCUT2D eigenvalue weighted by Gasteiger charge is -2.33. The Hall–Kier alpha value is -1.48. The van der Waals surface area contributed by atoms with Gasteiger partial charge in [-0.2, -0.15) is 0 Å². The third-order valence-electron chi connectivity index (χ3n) is 6.02. The van der Waals surface area contributed by atoms with Gasteiger partial charge in [-0.15, -0.1) is 10.2 Å². The third-order valence-corrected chi connectivity index (χ3v) is 7.90. The van der Waals surface area contributed by atoms with E-state index in [0.717, 1.165) is 38.6 Å². The SMILES string of the molecule is CCS(=O)(=O)N1CCC(c2nnc([C@@H]3CCCCN3C(=O)C3CC3)o2)CC1. The highest BCUT2D eigenvalue weighted by atomic mass is 32.2. The van der Waals surface area contributed by atoms with Gasteiger partial charge < -0.3 is 9.32 Å². The number of rotatable bonds is 5. The molecule has 27 heavy (non-hydrogen) atoms. The molecule has 2 saturated heterocycles. The van der Waals surface area contributed by atoms with E-state index >= 15 is 0 Å². The maximum Gasteiger partial charge on any atom is 0.238 e. The fourth-order valence-corrected chi connectivity index (χ4v) is 5.26. The van der Waals surface area contributed by atoms with Gasteiger partial charge in [0.05, 0.1) is 5.75 Å². The summed E-state index contributed by atoms with van der Waals surface area (Å²) in [6.07, 6.45) is 6.33.